The molecule has 0 amide bonds. The van der Waals surface area contributed by atoms with Gasteiger partial charge in [-0.15, -0.1) is 0 Å². The third-order valence-electron chi connectivity index (χ3n) is 4.38. The van der Waals surface area contributed by atoms with Crippen molar-refractivity contribution in [2.45, 2.75) is 0 Å². The summed E-state index contributed by atoms with van der Waals surface area (Å²) in [5.74, 6) is 0.462. The van der Waals surface area contributed by atoms with E-state index in [1.807, 2.05) is 30.3 Å². The predicted molar refractivity (Wildman–Crippen MR) is 119 cm³/mol. The third-order valence-corrected chi connectivity index (χ3v) is 4.38. The third kappa shape index (κ3) is 5.17. The van der Waals surface area contributed by atoms with Crippen LogP contribution in [0.5, 0.6) is 11.5 Å². The van der Waals surface area contributed by atoms with Crippen molar-refractivity contribution in [3.8, 4) is 11.5 Å². The molecule has 4 rings (SSSR count). The highest BCUT2D eigenvalue weighted by Gasteiger charge is 2.10. The Bertz CT molecular complexity index is 1220. The van der Waals surface area contributed by atoms with Crippen LogP contribution in [0.4, 0.5) is 27.5 Å². The molecule has 0 saturated carbocycles. The zero-order chi connectivity index (χ0) is 22.3. The Morgan fingerprint density at radius 2 is 1.62 bits per heavy atom. The first-order chi connectivity index (χ1) is 15.6. The maximum absolute atomic E-state index is 14.3. The molecule has 0 spiro atoms. The number of methoxy groups -OCH3 is 1. The smallest absolute Gasteiger partial charge is 0.337 e. The number of carbonyl (C=O) groups excluding carboxylic acids is 1. The van der Waals surface area contributed by atoms with Crippen LogP contribution in [0.1, 0.15) is 10.4 Å². The van der Waals surface area contributed by atoms with Crippen molar-refractivity contribution in [3.05, 3.63) is 96.4 Å². The van der Waals surface area contributed by atoms with Gasteiger partial charge in [-0.1, -0.05) is 24.3 Å². The molecule has 1 aromatic heterocycles. The highest BCUT2D eigenvalue weighted by Crippen LogP contribution is 2.25. The molecule has 3 aromatic carbocycles. The molecule has 0 atom stereocenters. The molecule has 0 radical (unpaired) electrons. The van der Waals surface area contributed by atoms with E-state index in [0.717, 1.165) is 11.9 Å². The fourth-order valence-electron chi connectivity index (χ4n) is 2.85. The van der Waals surface area contributed by atoms with Gasteiger partial charge in [-0.2, -0.15) is 4.98 Å². The first kappa shape index (κ1) is 20.8. The number of esters is 1. The summed E-state index contributed by atoms with van der Waals surface area (Å²) >= 11 is 0. The average Bonchev–Trinajstić information content (AvgIpc) is 2.83. The Kier molecular flexibility index (Phi) is 6.22. The number of aromatic nitrogens is 2. The van der Waals surface area contributed by atoms with E-state index < -0.39 is 11.8 Å². The maximum Gasteiger partial charge on any atom is 0.337 e. The highest BCUT2D eigenvalue weighted by molar-refractivity contribution is 5.90. The molecule has 2 N–H and O–H groups in total. The minimum atomic E-state index is -0.634. The summed E-state index contributed by atoms with van der Waals surface area (Å²) in [6, 6.07) is 23.2. The van der Waals surface area contributed by atoms with Crippen LogP contribution in [0.2, 0.25) is 0 Å². The number of carbonyl (C=O) groups is 1. The number of halogens is 1. The first-order valence-corrected chi connectivity index (χ1v) is 9.68. The minimum absolute atomic E-state index is 0.0338. The summed E-state index contributed by atoms with van der Waals surface area (Å²) in [7, 11) is 1.30. The monoisotopic (exact) mass is 430 g/mol. The first-order valence-electron chi connectivity index (χ1n) is 9.68. The van der Waals surface area contributed by atoms with Crippen LogP contribution < -0.4 is 15.4 Å². The van der Waals surface area contributed by atoms with Crippen molar-refractivity contribution < 1.29 is 18.7 Å². The molecule has 160 valence electrons. The molecule has 0 fully saturated rings. The summed E-state index contributed by atoms with van der Waals surface area (Å²) in [5.41, 5.74) is 1.53. The van der Waals surface area contributed by atoms with Crippen LogP contribution in [0.3, 0.4) is 0 Å². The summed E-state index contributed by atoms with van der Waals surface area (Å²) < 4.78 is 24.7. The van der Waals surface area contributed by atoms with E-state index in [-0.39, 0.29) is 11.8 Å². The van der Waals surface area contributed by atoms with E-state index in [4.69, 9.17) is 9.47 Å². The summed E-state index contributed by atoms with van der Waals surface area (Å²) in [6.07, 6.45) is 1.06. The number of benzene rings is 3. The number of anilines is 4. The van der Waals surface area contributed by atoms with Crippen LogP contribution >= 0.6 is 0 Å². The number of para-hydroxylation sites is 1. The zero-order valence-corrected chi connectivity index (χ0v) is 17.1. The number of hydrogen-bond acceptors (Lipinski definition) is 7. The van der Waals surface area contributed by atoms with Gasteiger partial charge < -0.3 is 20.1 Å². The van der Waals surface area contributed by atoms with Gasteiger partial charge in [-0.25, -0.2) is 14.2 Å². The minimum Gasteiger partial charge on any atom is -0.465 e. The number of ether oxygens (including phenoxy) is 2. The second-order valence-corrected chi connectivity index (χ2v) is 6.65. The van der Waals surface area contributed by atoms with Gasteiger partial charge >= 0.3 is 5.97 Å². The lowest BCUT2D eigenvalue weighted by atomic mass is 10.2. The van der Waals surface area contributed by atoms with E-state index in [0.29, 0.717) is 22.7 Å². The van der Waals surface area contributed by atoms with E-state index in [2.05, 4.69) is 20.6 Å². The van der Waals surface area contributed by atoms with Crippen molar-refractivity contribution in [1.82, 2.24) is 9.97 Å². The van der Waals surface area contributed by atoms with Gasteiger partial charge in [0.15, 0.2) is 11.6 Å². The Balaban J connectivity index is 1.46. The van der Waals surface area contributed by atoms with Crippen molar-refractivity contribution in [1.29, 1.82) is 0 Å². The molecule has 0 aliphatic rings. The summed E-state index contributed by atoms with van der Waals surface area (Å²) in [5, 5.41) is 5.89. The molecule has 0 aliphatic carbocycles. The molecule has 4 aromatic rings. The molecule has 0 unspecified atom stereocenters. The van der Waals surface area contributed by atoms with E-state index in [1.165, 1.54) is 7.11 Å². The predicted octanol–water partition coefficient (Wildman–Crippen LogP) is 5.68. The SMILES string of the molecule is COC(=O)c1cccc(Nc2nc(Nc3ccc(Oc4ccccc4)cc3)ncc2F)c1. The largest absolute Gasteiger partial charge is 0.465 e. The quantitative estimate of drug-likeness (QED) is 0.365. The lowest BCUT2D eigenvalue weighted by Crippen LogP contribution is -2.05. The molecular weight excluding hydrogens is 411 g/mol. The molecule has 1 heterocycles. The molecule has 32 heavy (non-hydrogen) atoms. The summed E-state index contributed by atoms with van der Waals surface area (Å²) in [4.78, 5) is 19.9. The Labute approximate surface area is 183 Å². The van der Waals surface area contributed by atoms with Crippen LogP contribution in [-0.4, -0.2) is 23.0 Å². The second-order valence-electron chi connectivity index (χ2n) is 6.65. The van der Waals surface area contributed by atoms with Gasteiger partial charge in [0, 0.05) is 11.4 Å². The van der Waals surface area contributed by atoms with Gasteiger partial charge in [0.1, 0.15) is 11.5 Å². The van der Waals surface area contributed by atoms with Crippen molar-refractivity contribution in [3.63, 3.8) is 0 Å². The fourth-order valence-corrected chi connectivity index (χ4v) is 2.85. The molecule has 7 nitrogen and oxygen atoms in total. The number of nitrogens with zero attached hydrogens (tertiary/aromatic N) is 2. The zero-order valence-electron chi connectivity index (χ0n) is 17.1. The summed E-state index contributed by atoms with van der Waals surface area (Å²) in [6.45, 7) is 0. The van der Waals surface area contributed by atoms with Crippen LogP contribution in [0, 0.1) is 5.82 Å². The van der Waals surface area contributed by atoms with E-state index in [9.17, 15) is 9.18 Å². The molecular formula is C24H19FN4O3. The van der Waals surface area contributed by atoms with Crippen molar-refractivity contribution in [2.24, 2.45) is 0 Å². The molecule has 0 saturated heterocycles. The van der Waals surface area contributed by atoms with Gasteiger partial charge in [0.2, 0.25) is 5.95 Å². The van der Waals surface area contributed by atoms with Gasteiger partial charge in [0.05, 0.1) is 18.9 Å². The normalized spacial score (nSPS) is 10.3. The molecule has 0 bridgehead atoms. The fraction of sp³-hybridized carbons (Fsp3) is 0.0417. The lowest BCUT2D eigenvalue weighted by molar-refractivity contribution is 0.0601. The molecule has 0 aliphatic heterocycles. The standard InChI is InChI=1S/C24H19FN4O3/c1-31-23(30)16-6-5-7-18(14-16)27-22-21(25)15-26-24(29-22)28-17-10-12-20(13-11-17)32-19-8-3-2-4-9-19/h2-15H,1H3,(H2,26,27,28,29). The number of nitrogens with one attached hydrogen (secondary N) is 2. The Morgan fingerprint density at radius 3 is 2.38 bits per heavy atom. The van der Waals surface area contributed by atoms with E-state index >= 15 is 0 Å². The van der Waals surface area contributed by atoms with Gasteiger partial charge in [0.25, 0.3) is 0 Å². The Hall–Kier alpha value is -4.46. The van der Waals surface area contributed by atoms with Gasteiger partial charge in [-0.3, -0.25) is 0 Å². The molecule has 8 heteroatoms. The number of rotatable bonds is 7. The maximum atomic E-state index is 14.3. The number of hydrogen-bond donors (Lipinski definition) is 2. The van der Waals surface area contributed by atoms with Crippen LogP contribution in [0.15, 0.2) is 85.1 Å². The topological polar surface area (TPSA) is 85.4 Å². The highest BCUT2D eigenvalue weighted by atomic mass is 19.1. The van der Waals surface area contributed by atoms with Crippen molar-refractivity contribution >= 4 is 29.1 Å². The van der Waals surface area contributed by atoms with Crippen molar-refractivity contribution in [2.75, 3.05) is 17.7 Å². The van der Waals surface area contributed by atoms with Gasteiger partial charge in [-0.05, 0) is 54.6 Å². The second kappa shape index (κ2) is 9.57. The Morgan fingerprint density at radius 1 is 0.875 bits per heavy atom. The average molecular weight is 430 g/mol. The van der Waals surface area contributed by atoms with Crippen LogP contribution in [-0.2, 0) is 4.74 Å². The van der Waals surface area contributed by atoms with Crippen LogP contribution in [0.25, 0.3) is 0 Å². The lowest BCUT2D eigenvalue weighted by Gasteiger charge is -2.11. The van der Waals surface area contributed by atoms with E-state index in [1.54, 1.807) is 48.5 Å².